The molecule has 6 nitrogen and oxygen atoms in total. The zero-order valence-electron chi connectivity index (χ0n) is 16.2. The van der Waals surface area contributed by atoms with Gasteiger partial charge in [0.2, 0.25) is 11.7 Å². The topological polar surface area (TPSA) is 60.0 Å². The van der Waals surface area contributed by atoms with Crippen LogP contribution in [0.2, 0.25) is 0 Å². The van der Waals surface area contributed by atoms with Crippen LogP contribution >= 0.6 is 11.3 Å². The highest BCUT2D eigenvalue weighted by Gasteiger charge is 2.26. The van der Waals surface area contributed by atoms with Crippen LogP contribution in [0.1, 0.15) is 29.0 Å². The van der Waals surface area contributed by atoms with Gasteiger partial charge in [-0.05, 0) is 48.1 Å². The van der Waals surface area contributed by atoms with E-state index >= 15 is 0 Å². The van der Waals surface area contributed by atoms with Crippen LogP contribution in [-0.2, 0) is 17.8 Å². The number of methoxy groups -OCH3 is 3. The third-order valence-corrected chi connectivity index (χ3v) is 5.96. The summed E-state index contributed by atoms with van der Waals surface area (Å²) in [6.45, 7) is 3.87. The van der Waals surface area contributed by atoms with Gasteiger partial charge in [0.1, 0.15) is 0 Å². The maximum atomic E-state index is 12.5. The van der Waals surface area contributed by atoms with Crippen LogP contribution in [-0.4, -0.2) is 45.2 Å². The summed E-state index contributed by atoms with van der Waals surface area (Å²) >= 11 is 1.81. The molecule has 1 aromatic heterocycles. The highest BCUT2D eigenvalue weighted by atomic mass is 32.1. The molecule has 27 heavy (non-hydrogen) atoms. The van der Waals surface area contributed by atoms with Crippen LogP contribution in [0.3, 0.4) is 0 Å². The fraction of sp³-hybridized carbons (Fsp3) is 0.450. The van der Waals surface area contributed by atoms with Gasteiger partial charge in [0, 0.05) is 24.0 Å². The van der Waals surface area contributed by atoms with Gasteiger partial charge in [-0.3, -0.25) is 9.69 Å². The Kier molecular flexibility index (Phi) is 6.23. The van der Waals surface area contributed by atoms with Gasteiger partial charge in [0.25, 0.3) is 0 Å². The lowest BCUT2D eigenvalue weighted by molar-refractivity contribution is -0.123. The summed E-state index contributed by atoms with van der Waals surface area (Å²) in [7, 11) is 4.73. The summed E-state index contributed by atoms with van der Waals surface area (Å²) in [4.78, 5) is 16.1. The maximum absolute atomic E-state index is 12.5. The van der Waals surface area contributed by atoms with E-state index in [2.05, 4.69) is 28.6 Å². The van der Waals surface area contributed by atoms with E-state index in [-0.39, 0.29) is 11.9 Å². The molecule has 1 aromatic carbocycles. The van der Waals surface area contributed by atoms with Gasteiger partial charge < -0.3 is 19.5 Å². The Labute approximate surface area is 164 Å². The number of hydrogen-bond donors (Lipinski definition) is 1. The second kappa shape index (κ2) is 8.63. The number of amides is 1. The predicted octanol–water partition coefficient (Wildman–Crippen LogP) is 3.01. The van der Waals surface area contributed by atoms with Gasteiger partial charge in [-0.25, -0.2) is 0 Å². The van der Waals surface area contributed by atoms with Gasteiger partial charge in [0.05, 0.1) is 27.9 Å². The number of rotatable bonds is 7. The zero-order chi connectivity index (χ0) is 19.4. The lowest BCUT2D eigenvalue weighted by Gasteiger charge is -2.32. The first-order valence-electron chi connectivity index (χ1n) is 8.93. The molecule has 1 unspecified atom stereocenters. The Hall–Kier alpha value is -2.25. The van der Waals surface area contributed by atoms with Crippen LogP contribution < -0.4 is 19.5 Å². The molecule has 0 aliphatic carbocycles. The minimum absolute atomic E-state index is 0.00859. The van der Waals surface area contributed by atoms with E-state index in [1.54, 1.807) is 32.7 Å². The number of thiophene rings is 1. The molecule has 7 heteroatoms. The largest absolute Gasteiger partial charge is 0.493 e. The van der Waals surface area contributed by atoms with Crippen molar-refractivity contribution < 1.29 is 19.0 Å². The minimum Gasteiger partial charge on any atom is -0.493 e. The molecule has 1 aliphatic heterocycles. The fourth-order valence-electron chi connectivity index (χ4n) is 3.46. The van der Waals surface area contributed by atoms with E-state index in [1.807, 2.05) is 12.1 Å². The second-order valence-electron chi connectivity index (χ2n) is 6.51. The summed E-state index contributed by atoms with van der Waals surface area (Å²) in [5.74, 6) is 1.71. The number of carbonyl (C=O) groups is 1. The lowest BCUT2D eigenvalue weighted by Crippen LogP contribution is -2.41. The molecule has 0 saturated carbocycles. The van der Waals surface area contributed by atoms with Crippen LogP contribution in [0.5, 0.6) is 17.2 Å². The van der Waals surface area contributed by atoms with Crippen molar-refractivity contribution in [2.24, 2.45) is 0 Å². The minimum atomic E-state index is 0.00859. The first kappa shape index (κ1) is 19.5. The van der Waals surface area contributed by atoms with Crippen molar-refractivity contribution in [1.82, 2.24) is 10.2 Å². The number of fused-ring (bicyclic) bond motifs is 1. The number of hydrogen-bond acceptors (Lipinski definition) is 6. The molecular formula is C20H26N2O4S. The monoisotopic (exact) mass is 390 g/mol. The molecule has 1 atom stereocenters. The quantitative estimate of drug-likeness (QED) is 0.788. The van der Waals surface area contributed by atoms with Crippen LogP contribution in [0.15, 0.2) is 23.6 Å². The van der Waals surface area contributed by atoms with Crippen molar-refractivity contribution in [2.45, 2.75) is 25.9 Å². The number of nitrogens with one attached hydrogen (secondary N) is 1. The van der Waals surface area contributed by atoms with E-state index in [4.69, 9.17) is 14.2 Å². The van der Waals surface area contributed by atoms with Gasteiger partial charge in [-0.15, -0.1) is 11.3 Å². The van der Waals surface area contributed by atoms with Crippen LogP contribution in [0.4, 0.5) is 0 Å². The van der Waals surface area contributed by atoms with Gasteiger partial charge in [-0.1, -0.05) is 0 Å². The van der Waals surface area contributed by atoms with Crippen LogP contribution in [0.25, 0.3) is 0 Å². The standard InChI is InChI=1S/C20H26N2O4S/c1-13-15-6-8-27-18(15)5-7-22(13)12-19(23)21-11-14-9-16(24-2)20(26-4)17(10-14)25-3/h6,8-10,13H,5,7,11-12H2,1-4H3,(H,21,23). The smallest absolute Gasteiger partial charge is 0.234 e. The second-order valence-corrected chi connectivity index (χ2v) is 7.51. The van der Waals surface area contributed by atoms with Gasteiger partial charge in [-0.2, -0.15) is 0 Å². The summed E-state index contributed by atoms with van der Waals surface area (Å²) in [5.41, 5.74) is 2.24. The molecule has 1 amide bonds. The predicted molar refractivity (Wildman–Crippen MR) is 106 cm³/mol. The molecule has 1 N–H and O–H groups in total. The SMILES string of the molecule is COc1cc(CNC(=O)CN2CCc3sccc3C2C)cc(OC)c1OC. The normalized spacial score (nSPS) is 16.5. The molecule has 0 spiro atoms. The molecule has 0 radical (unpaired) electrons. The number of carbonyl (C=O) groups excluding carboxylic acids is 1. The van der Waals surface area contributed by atoms with E-state index in [0.29, 0.717) is 30.3 Å². The number of ether oxygens (including phenoxy) is 3. The zero-order valence-corrected chi connectivity index (χ0v) is 17.0. The Morgan fingerprint density at radius 3 is 2.56 bits per heavy atom. The third-order valence-electron chi connectivity index (χ3n) is 4.96. The fourth-order valence-corrected chi connectivity index (χ4v) is 4.42. The average Bonchev–Trinajstić information content (AvgIpc) is 3.17. The first-order valence-corrected chi connectivity index (χ1v) is 9.81. The van der Waals surface area contributed by atoms with Crippen molar-refractivity contribution in [2.75, 3.05) is 34.4 Å². The van der Waals surface area contributed by atoms with E-state index in [1.165, 1.54) is 10.4 Å². The lowest BCUT2D eigenvalue weighted by atomic mass is 10.0. The summed E-state index contributed by atoms with van der Waals surface area (Å²) in [6, 6.07) is 6.14. The van der Waals surface area contributed by atoms with Crippen LogP contribution in [0, 0.1) is 0 Å². The molecular weight excluding hydrogens is 364 g/mol. The van der Waals surface area contributed by atoms with Gasteiger partial charge in [0.15, 0.2) is 11.5 Å². The Morgan fingerprint density at radius 1 is 1.22 bits per heavy atom. The van der Waals surface area contributed by atoms with Crippen molar-refractivity contribution >= 4 is 17.2 Å². The number of benzene rings is 1. The molecule has 0 fully saturated rings. The van der Waals surface area contributed by atoms with Crippen molar-refractivity contribution in [1.29, 1.82) is 0 Å². The maximum Gasteiger partial charge on any atom is 0.234 e. The highest BCUT2D eigenvalue weighted by Crippen LogP contribution is 2.38. The van der Waals surface area contributed by atoms with E-state index < -0.39 is 0 Å². The van der Waals surface area contributed by atoms with Gasteiger partial charge >= 0.3 is 0 Å². The molecule has 2 heterocycles. The first-order chi connectivity index (χ1) is 13.1. The average molecular weight is 391 g/mol. The summed E-state index contributed by atoms with van der Waals surface area (Å²) in [6.07, 6.45) is 1.01. The molecule has 3 rings (SSSR count). The summed E-state index contributed by atoms with van der Waals surface area (Å²) in [5, 5.41) is 5.13. The number of nitrogens with zero attached hydrogens (tertiary/aromatic N) is 1. The van der Waals surface area contributed by atoms with Crippen molar-refractivity contribution in [3.63, 3.8) is 0 Å². The Morgan fingerprint density at radius 2 is 1.93 bits per heavy atom. The van der Waals surface area contributed by atoms with Crippen molar-refractivity contribution in [3.8, 4) is 17.2 Å². The molecule has 146 valence electrons. The molecule has 0 saturated heterocycles. The Bertz CT molecular complexity index is 780. The van der Waals surface area contributed by atoms with Crippen molar-refractivity contribution in [3.05, 3.63) is 39.6 Å². The highest BCUT2D eigenvalue weighted by molar-refractivity contribution is 7.10. The van der Waals surface area contributed by atoms with E-state index in [9.17, 15) is 4.79 Å². The molecule has 2 aromatic rings. The molecule has 0 bridgehead atoms. The summed E-state index contributed by atoms with van der Waals surface area (Å²) < 4.78 is 16.1. The Balaban J connectivity index is 1.61. The third kappa shape index (κ3) is 4.20. The molecule has 1 aliphatic rings. The van der Waals surface area contributed by atoms with E-state index in [0.717, 1.165) is 18.5 Å².